The van der Waals surface area contributed by atoms with Crippen molar-refractivity contribution in [2.75, 3.05) is 5.32 Å². The molecule has 0 saturated carbocycles. The molecule has 3 rings (SSSR count). The number of rotatable bonds is 2. The summed E-state index contributed by atoms with van der Waals surface area (Å²) >= 11 is 3.25. The van der Waals surface area contributed by atoms with Gasteiger partial charge in [-0.25, -0.2) is 18.7 Å². The van der Waals surface area contributed by atoms with Crippen molar-refractivity contribution >= 4 is 33.1 Å². The molecule has 0 aliphatic heterocycles. The lowest BCUT2D eigenvalue weighted by atomic mass is 10.2. The molecule has 1 aromatic carbocycles. The first-order valence-corrected chi connectivity index (χ1v) is 6.56. The van der Waals surface area contributed by atoms with Crippen LogP contribution in [-0.2, 0) is 0 Å². The monoisotopic (exact) mass is 338 g/mol. The SMILES string of the molecule is Cc1ccc(F)c(Nc2nc(Br)cn3ccnc23)c1F. The predicted octanol–water partition coefficient (Wildman–Crippen LogP) is 3.82. The van der Waals surface area contributed by atoms with Crippen molar-refractivity contribution in [3.8, 4) is 0 Å². The third-order valence-electron chi connectivity index (χ3n) is 2.87. The first-order valence-electron chi connectivity index (χ1n) is 5.77. The molecule has 0 atom stereocenters. The van der Waals surface area contributed by atoms with Crippen molar-refractivity contribution in [3.63, 3.8) is 0 Å². The summed E-state index contributed by atoms with van der Waals surface area (Å²) in [7, 11) is 0. The van der Waals surface area contributed by atoms with Crippen LogP contribution in [0, 0.1) is 18.6 Å². The fourth-order valence-electron chi connectivity index (χ4n) is 1.87. The second-order valence-corrected chi connectivity index (χ2v) is 5.06. The van der Waals surface area contributed by atoms with Crippen molar-refractivity contribution in [1.29, 1.82) is 0 Å². The van der Waals surface area contributed by atoms with Gasteiger partial charge < -0.3 is 9.72 Å². The maximum Gasteiger partial charge on any atom is 0.180 e. The van der Waals surface area contributed by atoms with Gasteiger partial charge in [0.1, 0.15) is 16.1 Å². The number of benzene rings is 1. The fraction of sp³-hybridized carbons (Fsp3) is 0.0769. The van der Waals surface area contributed by atoms with Crippen LogP contribution < -0.4 is 5.32 Å². The second kappa shape index (κ2) is 4.82. The minimum Gasteiger partial charge on any atom is -0.332 e. The lowest BCUT2D eigenvalue weighted by Gasteiger charge is -2.10. The minimum atomic E-state index is -0.681. The van der Waals surface area contributed by atoms with Crippen LogP contribution >= 0.6 is 15.9 Å². The molecular formula is C13H9BrF2N4. The molecule has 0 aliphatic carbocycles. The average Bonchev–Trinajstić information content (AvgIpc) is 2.87. The lowest BCUT2D eigenvalue weighted by Crippen LogP contribution is -2.03. The van der Waals surface area contributed by atoms with E-state index in [4.69, 9.17) is 0 Å². The Kier molecular flexibility index (Phi) is 3.13. The summed E-state index contributed by atoms with van der Waals surface area (Å²) in [5, 5.41) is 2.68. The van der Waals surface area contributed by atoms with E-state index in [9.17, 15) is 8.78 Å². The highest BCUT2D eigenvalue weighted by Gasteiger charge is 2.14. The Labute approximate surface area is 121 Å². The summed E-state index contributed by atoms with van der Waals surface area (Å²) in [6.07, 6.45) is 5.00. The molecule has 0 aliphatic rings. The standard InChI is InChI=1S/C13H9BrF2N4/c1-7-2-3-8(15)11(10(7)16)19-12-13-17-4-5-20(13)6-9(14)18-12/h2-6H,1H3,(H,18,19). The van der Waals surface area contributed by atoms with E-state index in [1.807, 2.05) is 0 Å². The van der Waals surface area contributed by atoms with Gasteiger partial charge in [-0.3, -0.25) is 0 Å². The zero-order chi connectivity index (χ0) is 14.3. The van der Waals surface area contributed by atoms with Gasteiger partial charge in [0.05, 0.1) is 0 Å². The molecule has 0 spiro atoms. The Morgan fingerprint density at radius 2 is 2.10 bits per heavy atom. The number of nitrogens with one attached hydrogen (secondary N) is 1. The number of fused-ring (bicyclic) bond motifs is 1. The first kappa shape index (κ1) is 13.0. The van der Waals surface area contributed by atoms with E-state index in [0.717, 1.165) is 0 Å². The zero-order valence-corrected chi connectivity index (χ0v) is 11.9. The molecule has 3 aromatic rings. The summed E-state index contributed by atoms with van der Waals surface area (Å²) in [6, 6.07) is 2.59. The molecule has 0 unspecified atom stereocenters. The van der Waals surface area contributed by atoms with E-state index in [-0.39, 0.29) is 11.5 Å². The van der Waals surface area contributed by atoms with Crippen molar-refractivity contribution in [2.45, 2.75) is 6.92 Å². The minimum absolute atomic E-state index is 0.236. The Hall–Kier alpha value is -2.02. The van der Waals surface area contributed by atoms with Gasteiger partial charge in [0.2, 0.25) is 0 Å². The number of aromatic nitrogens is 3. The van der Waals surface area contributed by atoms with Crippen LogP contribution in [0.5, 0.6) is 0 Å². The number of hydrogen-bond acceptors (Lipinski definition) is 3. The van der Waals surface area contributed by atoms with Gasteiger partial charge in [-0.1, -0.05) is 6.07 Å². The summed E-state index contributed by atoms with van der Waals surface area (Å²) < 4.78 is 30.0. The number of nitrogens with zero attached hydrogens (tertiary/aromatic N) is 3. The molecule has 0 fully saturated rings. The van der Waals surface area contributed by atoms with Crippen molar-refractivity contribution in [1.82, 2.24) is 14.4 Å². The van der Waals surface area contributed by atoms with E-state index in [2.05, 4.69) is 31.2 Å². The molecule has 4 nitrogen and oxygen atoms in total. The molecule has 0 radical (unpaired) electrons. The van der Waals surface area contributed by atoms with Gasteiger partial charge in [0, 0.05) is 18.6 Å². The Morgan fingerprint density at radius 1 is 1.30 bits per heavy atom. The number of hydrogen-bond donors (Lipinski definition) is 1. The van der Waals surface area contributed by atoms with Gasteiger partial charge in [-0.05, 0) is 34.5 Å². The normalized spacial score (nSPS) is 11.0. The van der Waals surface area contributed by atoms with Crippen LogP contribution in [0.25, 0.3) is 5.65 Å². The number of imidazole rings is 1. The van der Waals surface area contributed by atoms with E-state index < -0.39 is 11.6 Å². The number of anilines is 2. The van der Waals surface area contributed by atoms with Crippen LogP contribution in [0.3, 0.4) is 0 Å². The van der Waals surface area contributed by atoms with Crippen LogP contribution in [0.4, 0.5) is 20.3 Å². The molecule has 0 saturated heterocycles. The Morgan fingerprint density at radius 3 is 2.90 bits per heavy atom. The predicted molar refractivity (Wildman–Crippen MR) is 75.1 cm³/mol. The van der Waals surface area contributed by atoms with E-state index >= 15 is 0 Å². The molecule has 2 aromatic heterocycles. The van der Waals surface area contributed by atoms with Crippen molar-refractivity contribution < 1.29 is 8.78 Å². The summed E-state index contributed by atoms with van der Waals surface area (Å²) in [6.45, 7) is 1.57. The molecule has 20 heavy (non-hydrogen) atoms. The lowest BCUT2D eigenvalue weighted by molar-refractivity contribution is 0.584. The molecule has 0 amide bonds. The summed E-state index contributed by atoms with van der Waals surface area (Å²) in [4.78, 5) is 8.28. The first-order chi connectivity index (χ1) is 9.56. The smallest absolute Gasteiger partial charge is 0.180 e. The molecule has 0 bridgehead atoms. The zero-order valence-electron chi connectivity index (χ0n) is 10.4. The topological polar surface area (TPSA) is 42.2 Å². The van der Waals surface area contributed by atoms with Gasteiger partial charge >= 0.3 is 0 Å². The highest BCUT2D eigenvalue weighted by molar-refractivity contribution is 9.10. The third-order valence-corrected chi connectivity index (χ3v) is 3.25. The fourth-order valence-corrected chi connectivity index (χ4v) is 2.27. The maximum atomic E-state index is 14.0. The molecule has 102 valence electrons. The number of aryl methyl sites for hydroxylation is 1. The molecule has 1 N–H and O–H groups in total. The molecule has 2 heterocycles. The van der Waals surface area contributed by atoms with Gasteiger partial charge in [-0.15, -0.1) is 0 Å². The van der Waals surface area contributed by atoms with Gasteiger partial charge in [0.25, 0.3) is 0 Å². The molecular weight excluding hydrogens is 330 g/mol. The Bertz CT molecular complexity index is 800. The van der Waals surface area contributed by atoms with Gasteiger partial charge in [-0.2, -0.15) is 0 Å². The molecule has 7 heteroatoms. The highest BCUT2D eigenvalue weighted by atomic mass is 79.9. The van der Waals surface area contributed by atoms with E-state index in [1.165, 1.54) is 12.1 Å². The maximum absolute atomic E-state index is 14.0. The van der Waals surface area contributed by atoms with Crippen molar-refractivity contribution in [3.05, 3.63) is 52.5 Å². The van der Waals surface area contributed by atoms with Crippen LogP contribution in [-0.4, -0.2) is 14.4 Å². The third kappa shape index (κ3) is 2.14. The quantitative estimate of drug-likeness (QED) is 0.772. The van der Waals surface area contributed by atoms with E-state index in [1.54, 1.807) is 29.9 Å². The second-order valence-electron chi connectivity index (χ2n) is 4.25. The summed E-state index contributed by atoms with van der Waals surface area (Å²) in [5.41, 5.74) is 0.595. The number of halogens is 3. The van der Waals surface area contributed by atoms with Gasteiger partial charge in [0.15, 0.2) is 17.3 Å². The highest BCUT2D eigenvalue weighted by Crippen LogP contribution is 2.27. The average molecular weight is 339 g/mol. The van der Waals surface area contributed by atoms with Crippen LogP contribution in [0.15, 0.2) is 35.3 Å². The Balaban J connectivity index is 2.14. The van der Waals surface area contributed by atoms with Crippen LogP contribution in [0.1, 0.15) is 5.56 Å². The van der Waals surface area contributed by atoms with E-state index in [0.29, 0.717) is 15.8 Å². The largest absolute Gasteiger partial charge is 0.332 e. The van der Waals surface area contributed by atoms with Crippen molar-refractivity contribution in [2.24, 2.45) is 0 Å². The van der Waals surface area contributed by atoms with Crippen LogP contribution in [0.2, 0.25) is 0 Å². The summed E-state index contributed by atoms with van der Waals surface area (Å²) in [5.74, 6) is -1.05.